The Morgan fingerprint density at radius 1 is 1.53 bits per heavy atom. The largest absolute Gasteiger partial charge is 0.375 e. The highest BCUT2D eigenvalue weighted by Gasteiger charge is 2.14. The molecule has 0 unspecified atom stereocenters. The van der Waals surface area contributed by atoms with Crippen LogP contribution in [0.5, 0.6) is 0 Å². The molecule has 0 spiro atoms. The number of rotatable bonds is 5. The lowest BCUT2D eigenvalue weighted by molar-refractivity contribution is -0.384. The van der Waals surface area contributed by atoms with Crippen LogP contribution < -0.4 is 5.32 Å². The molecule has 1 amide bonds. The maximum absolute atomic E-state index is 11.7. The minimum Gasteiger partial charge on any atom is -0.375 e. The number of hydrogen-bond donors (Lipinski definition) is 1. The van der Waals surface area contributed by atoms with Crippen LogP contribution in [0.25, 0.3) is 0 Å². The number of likely N-dealkylation sites (N-methyl/N-ethyl adjacent to an activating group) is 1. The first-order valence-electron chi connectivity index (χ1n) is 5.79. The van der Waals surface area contributed by atoms with E-state index in [4.69, 9.17) is 11.6 Å². The first-order valence-corrected chi connectivity index (χ1v) is 6.17. The SMILES string of the molecule is CCN(C)C(=O)CNc1c(C)cc([N+](=O)[O-])cc1Cl. The molecule has 0 aliphatic heterocycles. The molecule has 1 aromatic rings. The predicted octanol–water partition coefficient (Wildman–Crippen LogP) is 2.45. The number of non-ortho nitro benzene ring substituents is 1. The molecule has 1 aromatic carbocycles. The van der Waals surface area contributed by atoms with Gasteiger partial charge in [-0.25, -0.2) is 0 Å². The monoisotopic (exact) mass is 285 g/mol. The summed E-state index contributed by atoms with van der Waals surface area (Å²) in [4.78, 5) is 23.4. The van der Waals surface area contributed by atoms with Crippen LogP contribution in [-0.4, -0.2) is 35.9 Å². The molecule has 0 radical (unpaired) electrons. The van der Waals surface area contributed by atoms with Crippen molar-refractivity contribution >= 4 is 28.9 Å². The molecule has 1 rings (SSSR count). The van der Waals surface area contributed by atoms with Crippen LogP contribution in [0.15, 0.2) is 12.1 Å². The number of aryl methyl sites for hydroxylation is 1. The average Bonchev–Trinajstić information content (AvgIpc) is 2.36. The molecule has 1 N–H and O–H groups in total. The highest BCUT2D eigenvalue weighted by atomic mass is 35.5. The summed E-state index contributed by atoms with van der Waals surface area (Å²) in [5.74, 6) is -0.0729. The topological polar surface area (TPSA) is 75.5 Å². The number of amides is 1. The predicted molar refractivity (Wildman–Crippen MR) is 74.6 cm³/mol. The Morgan fingerprint density at radius 2 is 2.16 bits per heavy atom. The first kappa shape index (κ1) is 15.2. The third kappa shape index (κ3) is 3.82. The fraction of sp³-hybridized carbons (Fsp3) is 0.417. The first-order chi connectivity index (χ1) is 8.86. The number of carbonyl (C=O) groups excluding carboxylic acids is 1. The van der Waals surface area contributed by atoms with Crippen LogP contribution in [0.1, 0.15) is 12.5 Å². The minimum absolute atomic E-state index is 0.0648. The van der Waals surface area contributed by atoms with Gasteiger partial charge in [-0.1, -0.05) is 11.6 Å². The Morgan fingerprint density at radius 3 is 2.63 bits per heavy atom. The van der Waals surface area contributed by atoms with Crippen molar-refractivity contribution in [2.45, 2.75) is 13.8 Å². The Hall–Kier alpha value is -1.82. The van der Waals surface area contributed by atoms with Crippen molar-refractivity contribution in [1.82, 2.24) is 4.90 Å². The summed E-state index contributed by atoms with van der Waals surface area (Å²) in [6, 6.07) is 2.69. The second-order valence-electron chi connectivity index (χ2n) is 4.14. The van der Waals surface area contributed by atoms with Crippen molar-refractivity contribution < 1.29 is 9.72 Å². The lowest BCUT2D eigenvalue weighted by Crippen LogP contribution is -2.32. The number of carbonyl (C=O) groups is 1. The molecule has 0 aliphatic rings. The Kier molecular flexibility index (Phi) is 5.11. The molecule has 0 fully saturated rings. The number of nitro groups is 1. The Bertz CT molecular complexity index is 482. The van der Waals surface area contributed by atoms with Crippen LogP contribution in [0.4, 0.5) is 11.4 Å². The molecule has 0 atom stereocenters. The van der Waals surface area contributed by atoms with E-state index in [9.17, 15) is 14.9 Å². The molecule has 0 aromatic heterocycles. The third-order valence-electron chi connectivity index (χ3n) is 2.80. The number of halogens is 1. The van der Waals surface area contributed by atoms with Gasteiger partial charge in [-0.2, -0.15) is 0 Å². The van der Waals surface area contributed by atoms with E-state index < -0.39 is 4.92 Å². The smallest absolute Gasteiger partial charge is 0.271 e. The second-order valence-corrected chi connectivity index (χ2v) is 4.55. The van der Waals surface area contributed by atoms with Gasteiger partial charge in [-0.15, -0.1) is 0 Å². The molecule has 104 valence electrons. The van der Waals surface area contributed by atoms with Crippen molar-refractivity contribution in [3.8, 4) is 0 Å². The van der Waals surface area contributed by atoms with Crippen LogP contribution in [0, 0.1) is 17.0 Å². The van der Waals surface area contributed by atoms with Gasteiger partial charge in [-0.05, 0) is 19.4 Å². The zero-order chi connectivity index (χ0) is 14.6. The number of nitro benzene ring substituents is 1. The van der Waals surface area contributed by atoms with Gasteiger partial charge in [0.1, 0.15) is 0 Å². The van der Waals surface area contributed by atoms with Crippen LogP contribution in [-0.2, 0) is 4.79 Å². The summed E-state index contributed by atoms with van der Waals surface area (Å²) in [7, 11) is 1.70. The molecule has 19 heavy (non-hydrogen) atoms. The van der Waals surface area contributed by atoms with Crippen molar-refractivity contribution in [1.29, 1.82) is 0 Å². The van der Waals surface area contributed by atoms with Crippen molar-refractivity contribution in [3.05, 3.63) is 32.8 Å². The second kappa shape index (κ2) is 6.38. The summed E-state index contributed by atoms with van der Waals surface area (Å²) in [6.07, 6.45) is 0. The standard InChI is InChI=1S/C12H16ClN3O3/c1-4-15(3)11(17)7-14-12-8(2)5-9(16(18)19)6-10(12)13/h5-6,14H,4,7H2,1-3H3. The normalized spacial score (nSPS) is 10.1. The van der Waals surface area contributed by atoms with Gasteiger partial charge in [0.25, 0.3) is 5.69 Å². The van der Waals surface area contributed by atoms with Gasteiger partial charge in [0, 0.05) is 25.7 Å². The fourth-order valence-electron chi connectivity index (χ4n) is 1.53. The van der Waals surface area contributed by atoms with E-state index in [0.29, 0.717) is 17.8 Å². The number of nitrogens with zero attached hydrogens (tertiary/aromatic N) is 2. The number of anilines is 1. The molecular weight excluding hydrogens is 270 g/mol. The summed E-state index contributed by atoms with van der Waals surface area (Å²) in [5.41, 5.74) is 1.11. The highest BCUT2D eigenvalue weighted by Crippen LogP contribution is 2.30. The van der Waals surface area contributed by atoms with E-state index >= 15 is 0 Å². The van der Waals surface area contributed by atoms with Gasteiger partial charge < -0.3 is 10.2 Å². The van der Waals surface area contributed by atoms with Crippen molar-refractivity contribution in [2.75, 3.05) is 25.5 Å². The average molecular weight is 286 g/mol. The molecule has 0 saturated heterocycles. The molecule has 6 nitrogen and oxygen atoms in total. The van der Waals surface area contributed by atoms with E-state index in [0.717, 1.165) is 0 Å². The fourth-order valence-corrected chi connectivity index (χ4v) is 1.86. The number of nitrogens with one attached hydrogen (secondary N) is 1. The van der Waals surface area contributed by atoms with Gasteiger partial charge in [0.05, 0.1) is 22.2 Å². The van der Waals surface area contributed by atoms with Crippen LogP contribution in [0.2, 0.25) is 5.02 Å². The van der Waals surface area contributed by atoms with E-state index in [-0.39, 0.29) is 23.2 Å². The molecule has 0 aliphatic carbocycles. The lowest BCUT2D eigenvalue weighted by atomic mass is 10.1. The van der Waals surface area contributed by atoms with E-state index in [1.54, 1.807) is 18.9 Å². The van der Waals surface area contributed by atoms with E-state index in [1.165, 1.54) is 12.1 Å². The minimum atomic E-state index is -0.501. The Labute approximate surface area is 116 Å². The summed E-state index contributed by atoms with van der Waals surface area (Å²) >= 11 is 5.98. The molecule has 0 saturated carbocycles. The summed E-state index contributed by atoms with van der Waals surface area (Å²) in [6.45, 7) is 4.30. The van der Waals surface area contributed by atoms with Gasteiger partial charge in [-0.3, -0.25) is 14.9 Å². The van der Waals surface area contributed by atoms with E-state index in [2.05, 4.69) is 5.32 Å². The zero-order valence-electron chi connectivity index (χ0n) is 11.1. The zero-order valence-corrected chi connectivity index (χ0v) is 11.8. The molecule has 7 heteroatoms. The van der Waals surface area contributed by atoms with Crippen molar-refractivity contribution in [3.63, 3.8) is 0 Å². The summed E-state index contributed by atoms with van der Waals surface area (Å²) in [5, 5.41) is 13.8. The van der Waals surface area contributed by atoms with Crippen LogP contribution >= 0.6 is 11.6 Å². The van der Waals surface area contributed by atoms with Gasteiger partial charge in [0.2, 0.25) is 5.91 Å². The maximum Gasteiger partial charge on any atom is 0.271 e. The van der Waals surface area contributed by atoms with Crippen molar-refractivity contribution in [2.24, 2.45) is 0 Å². The Balaban J connectivity index is 2.85. The molecular formula is C12H16ClN3O3. The van der Waals surface area contributed by atoms with Gasteiger partial charge >= 0.3 is 0 Å². The lowest BCUT2D eigenvalue weighted by Gasteiger charge is -2.16. The van der Waals surface area contributed by atoms with Crippen LogP contribution in [0.3, 0.4) is 0 Å². The third-order valence-corrected chi connectivity index (χ3v) is 3.10. The quantitative estimate of drug-likeness (QED) is 0.666. The number of hydrogen-bond acceptors (Lipinski definition) is 4. The highest BCUT2D eigenvalue weighted by molar-refractivity contribution is 6.33. The molecule has 0 bridgehead atoms. The maximum atomic E-state index is 11.7. The molecule has 0 heterocycles. The summed E-state index contributed by atoms with van der Waals surface area (Å²) < 4.78 is 0. The van der Waals surface area contributed by atoms with E-state index in [1.807, 2.05) is 6.92 Å². The van der Waals surface area contributed by atoms with Gasteiger partial charge in [0.15, 0.2) is 0 Å². The number of benzene rings is 1.